The van der Waals surface area contributed by atoms with E-state index >= 15 is 0 Å². The van der Waals surface area contributed by atoms with Crippen LogP contribution >= 0.6 is 0 Å². The first-order chi connectivity index (χ1) is 17.0. The second-order valence-corrected chi connectivity index (χ2v) is 9.55. The quantitative estimate of drug-likeness (QED) is 0.200. The second kappa shape index (κ2) is 11.5. The van der Waals surface area contributed by atoms with Crippen LogP contribution in [0.3, 0.4) is 0 Å². The highest BCUT2D eigenvalue weighted by Gasteiger charge is 2.42. The maximum absolute atomic E-state index is 14.1. The van der Waals surface area contributed by atoms with Crippen molar-refractivity contribution in [3.05, 3.63) is 88.1 Å². The first kappa shape index (κ1) is 24.9. The summed E-state index contributed by atoms with van der Waals surface area (Å²) in [6.45, 7) is 2.21. The van der Waals surface area contributed by atoms with Crippen molar-refractivity contribution >= 4 is 17.3 Å². The first-order valence-electron chi connectivity index (χ1n) is 12.9. The summed E-state index contributed by atoms with van der Waals surface area (Å²) >= 11 is 0. The van der Waals surface area contributed by atoms with Crippen molar-refractivity contribution in [1.82, 2.24) is 0 Å². The van der Waals surface area contributed by atoms with Crippen LogP contribution in [0.4, 0.5) is 10.1 Å². The topological polar surface area (TPSA) is 66.4 Å². The molecule has 2 N–H and O–H groups in total. The third-order valence-corrected chi connectivity index (χ3v) is 7.05. The number of halogens is 1. The number of fused-ring (bicyclic) bond motifs is 1. The lowest BCUT2D eigenvalue weighted by atomic mass is 9.74. The van der Waals surface area contributed by atoms with Crippen molar-refractivity contribution in [2.75, 3.05) is 5.32 Å². The van der Waals surface area contributed by atoms with Gasteiger partial charge in [-0.1, -0.05) is 88.6 Å². The Morgan fingerprint density at radius 2 is 1.54 bits per heavy atom. The average Bonchev–Trinajstić information content (AvgIpc) is 2.87. The molecule has 1 heterocycles. The Kier molecular flexibility index (Phi) is 8.17. The number of rotatable bonds is 11. The van der Waals surface area contributed by atoms with E-state index in [1.165, 1.54) is 50.7 Å². The van der Waals surface area contributed by atoms with Gasteiger partial charge in [-0.25, -0.2) is 4.39 Å². The number of hydrogen-bond acceptors (Lipinski definition) is 4. The molecule has 1 unspecified atom stereocenters. The van der Waals surface area contributed by atoms with Gasteiger partial charge in [0.15, 0.2) is 0 Å². The summed E-state index contributed by atoms with van der Waals surface area (Å²) in [5, 5.41) is 14.3. The van der Waals surface area contributed by atoms with Gasteiger partial charge in [0, 0.05) is 22.8 Å². The number of unbranched alkanes of at least 4 members (excludes halogenated alkanes) is 8. The minimum Gasteiger partial charge on any atom is -0.505 e. The minimum atomic E-state index is -0.650. The van der Waals surface area contributed by atoms with E-state index in [4.69, 9.17) is 0 Å². The summed E-state index contributed by atoms with van der Waals surface area (Å²) in [6, 6.07) is 13.5. The summed E-state index contributed by atoms with van der Waals surface area (Å²) in [6.07, 6.45) is 10.7. The molecule has 0 amide bonds. The lowest BCUT2D eigenvalue weighted by Crippen LogP contribution is -2.34. The number of aliphatic hydroxyl groups excluding tert-OH is 1. The monoisotopic (exact) mass is 475 g/mol. The summed E-state index contributed by atoms with van der Waals surface area (Å²) in [5.41, 5.74) is 2.72. The van der Waals surface area contributed by atoms with Crippen LogP contribution in [0.2, 0.25) is 0 Å². The third kappa shape index (κ3) is 5.39. The molecule has 0 aromatic heterocycles. The number of anilines is 1. The number of carbonyl (C=O) groups excluding carboxylic acids is 2. The summed E-state index contributed by atoms with van der Waals surface area (Å²) in [4.78, 5) is 26.5. The fourth-order valence-corrected chi connectivity index (χ4v) is 5.19. The van der Waals surface area contributed by atoms with Crippen LogP contribution in [0.25, 0.3) is 0 Å². The van der Waals surface area contributed by atoms with Gasteiger partial charge in [0.1, 0.15) is 11.6 Å². The molecule has 4 rings (SSSR count). The number of Topliss-reactive ketones (excluding diaryl/α,β-unsaturated/α-hetero) is 2. The van der Waals surface area contributed by atoms with Gasteiger partial charge in [0.05, 0.1) is 5.70 Å². The van der Waals surface area contributed by atoms with Gasteiger partial charge < -0.3 is 10.4 Å². The molecule has 0 radical (unpaired) electrons. The molecule has 5 heteroatoms. The molecule has 4 nitrogen and oxygen atoms in total. The largest absolute Gasteiger partial charge is 0.505 e. The lowest BCUT2D eigenvalue weighted by Gasteiger charge is -2.33. The van der Waals surface area contributed by atoms with Crippen molar-refractivity contribution in [1.29, 1.82) is 0 Å². The van der Waals surface area contributed by atoms with Crippen LogP contribution in [0.1, 0.15) is 88.2 Å². The predicted octanol–water partition coefficient (Wildman–Crippen LogP) is 7.52. The van der Waals surface area contributed by atoms with Crippen LogP contribution in [0.15, 0.2) is 71.1 Å². The van der Waals surface area contributed by atoms with E-state index in [-0.39, 0.29) is 22.6 Å². The van der Waals surface area contributed by atoms with Crippen molar-refractivity contribution in [2.45, 2.75) is 77.0 Å². The number of aliphatic hydroxyl groups is 1. The van der Waals surface area contributed by atoms with E-state index in [0.29, 0.717) is 12.0 Å². The zero-order valence-electron chi connectivity index (χ0n) is 20.4. The highest BCUT2D eigenvalue weighted by atomic mass is 19.1. The molecule has 2 aliphatic rings. The molecule has 2 aromatic carbocycles. The van der Waals surface area contributed by atoms with E-state index in [2.05, 4.69) is 12.2 Å². The van der Waals surface area contributed by atoms with Gasteiger partial charge in [0.2, 0.25) is 11.6 Å². The fourth-order valence-electron chi connectivity index (χ4n) is 5.19. The van der Waals surface area contributed by atoms with E-state index < -0.39 is 23.3 Å². The Balaban J connectivity index is 1.55. The summed E-state index contributed by atoms with van der Waals surface area (Å²) in [5.74, 6) is -2.48. The SMILES string of the molecule is CCCCCCCCCCCC1=C(O)C2=C(C(=O)C1=O)C(c1cccc(F)c1)c1ccccc1N2. The fraction of sp³-hybridized carbons (Fsp3) is 0.400. The minimum absolute atomic E-state index is 0.153. The zero-order chi connectivity index (χ0) is 24.8. The second-order valence-electron chi connectivity index (χ2n) is 9.55. The van der Waals surface area contributed by atoms with Gasteiger partial charge >= 0.3 is 0 Å². The van der Waals surface area contributed by atoms with Crippen LogP contribution in [-0.2, 0) is 9.59 Å². The Labute approximate surface area is 206 Å². The highest BCUT2D eigenvalue weighted by Crippen LogP contribution is 2.46. The predicted molar refractivity (Wildman–Crippen MR) is 137 cm³/mol. The van der Waals surface area contributed by atoms with Gasteiger partial charge in [-0.05, 0) is 42.2 Å². The van der Waals surface area contributed by atoms with Crippen LogP contribution in [0, 0.1) is 5.82 Å². The number of benzene rings is 2. The normalized spacial score (nSPS) is 17.4. The van der Waals surface area contributed by atoms with E-state index in [9.17, 15) is 19.1 Å². The average molecular weight is 476 g/mol. The number of hydrogen-bond donors (Lipinski definition) is 2. The molecule has 35 heavy (non-hydrogen) atoms. The van der Waals surface area contributed by atoms with Crippen LogP contribution < -0.4 is 5.32 Å². The molecule has 0 saturated carbocycles. The smallest absolute Gasteiger partial charge is 0.233 e. The molecular weight excluding hydrogens is 441 g/mol. The maximum atomic E-state index is 14.1. The Hall–Kier alpha value is -3.21. The van der Waals surface area contributed by atoms with Crippen molar-refractivity contribution in [2.24, 2.45) is 0 Å². The molecule has 0 saturated heterocycles. The summed E-state index contributed by atoms with van der Waals surface area (Å²) < 4.78 is 14.1. The van der Waals surface area contributed by atoms with Crippen molar-refractivity contribution < 1.29 is 19.1 Å². The van der Waals surface area contributed by atoms with E-state index in [1.54, 1.807) is 12.1 Å². The van der Waals surface area contributed by atoms with Gasteiger partial charge in [0.25, 0.3) is 0 Å². The zero-order valence-corrected chi connectivity index (χ0v) is 20.4. The first-order valence-corrected chi connectivity index (χ1v) is 12.9. The van der Waals surface area contributed by atoms with Gasteiger partial charge in [-0.2, -0.15) is 0 Å². The number of carbonyl (C=O) groups is 2. The lowest BCUT2D eigenvalue weighted by molar-refractivity contribution is -0.132. The van der Waals surface area contributed by atoms with Crippen LogP contribution in [0.5, 0.6) is 0 Å². The molecule has 0 fully saturated rings. The van der Waals surface area contributed by atoms with E-state index in [0.717, 1.165) is 30.5 Å². The van der Waals surface area contributed by atoms with E-state index in [1.807, 2.05) is 24.3 Å². The Morgan fingerprint density at radius 1 is 0.857 bits per heavy atom. The highest BCUT2D eigenvalue weighted by molar-refractivity contribution is 6.50. The van der Waals surface area contributed by atoms with Crippen molar-refractivity contribution in [3.63, 3.8) is 0 Å². The molecule has 1 aliphatic heterocycles. The number of para-hydroxylation sites is 1. The Morgan fingerprint density at radius 3 is 2.26 bits per heavy atom. The third-order valence-electron chi connectivity index (χ3n) is 7.05. The van der Waals surface area contributed by atoms with Gasteiger partial charge in [-0.15, -0.1) is 0 Å². The molecule has 1 atom stereocenters. The molecular formula is C30H34FNO3. The molecule has 2 aromatic rings. The number of allylic oxidation sites excluding steroid dienone is 2. The van der Waals surface area contributed by atoms with Crippen LogP contribution in [-0.4, -0.2) is 16.7 Å². The maximum Gasteiger partial charge on any atom is 0.233 e. The van der Waals surface area contributed by atoms with Crippen molar-refractivity contribution in [3.8, 4) is 0 Å². The number of ketones is 2. The summed E-state index contributed by atoms with van der Waals surface area (Å²) in [7, 11) is 0. The molecule has 184 valence electrons. The molecule has 0 spiro atoms. The van der Waals surface area contributed by atoms with Gasteiger partial charge in [-0.3, -0.25) is 9.59 Å². The molecule has 0 bridgehead atoms. The number of nitrogens with one attached hydrogen (secondary N) is 1. The Bertz CT molecular complexity index is 1160. The molecule has 1 aliphatic carbocycles. The standard InChI is InChI=1S/C30H34FNO3/c1-2-3-4-5-6-7-8-9-10-17-23-28(33)27-26(30(35)29(23)34)25(20-14-13-15-21(31)19-20)22-16-11-12-18-24(22)32-27/h11-16,18-19,25,32-33H,2-10,17H2,1H3.